The number of ether oxygens (including phenoxy) is 1. The summed E-state index contributed by atoms with van der Waals surface area (Å²) < 4.78 is 6.12. The molecule has 1 fully saturated rings. The summed E-state index contributed by atoms with van der Waals surface area (Å²) in [5.74, 6) is 0.285. The predicted octanol–water partition coefficient (Wildman–Crippen LogP) is 3.95. The van der Waals surface area contributed by atoms with Gasteiger partial charge >= 0.3 is 0 Å². The van der Waals surface area contributed by atoms with Gasteiger partial charge in [0.15, 0.2) is 5.78 Å². The molecule has 0 saturated carbocycles. The monoisotopic (exact) mass is 375 g/mol. The lowest BCUT2D eigenvalue weighted by molar-refractivity contribution is -0.134. The van der Waals surface area contributed by atoms with Crippen LogP contribution in [-0.2, 0) is 4.79 Å². The van der Waals surface area contributed by atoms with Gasteiger partial charge in [-0.15, -0.1) is 11.6 Å². The van der Waals surface area contributed by atoms with Gasteiger partial charge in [0.1, 0.15) is 16.7 Å². The first-order valence-corrected chi connectivity index (χ1v) is 8.65. The average molecular weight is 377 g/mol. The van der Waals surface area contributed by atoms with Crippen LogP contribution in [0.5, 0.6) is 5.75 Å². The minimum Gasteiger partial charge on any atom is -0.484 e. The van der Waals surface area contributed by atoms with E-state index in [9.17, 15) is 9.59 Å². The van der Waals surface area contributed by atoms with E-state index in [1.165, 1.54) is 0 Å². The molecule has 1 atom stereocenters. The van der Waals surface area contributed by atoms with Gasteiger partial charge in [-0.1, -0.05) is 23.2 Å². The Morgan fingerprint density at radius 3 is 2.57 bits per heavy atom. The third-order valence-electron chi connectivity index (χ3n) is 4.44. The van der Waals surface area contributed by atoms with E-state index in [0.717, 1.165) is 0 Å². The zero-order chi connectivity index (χ0) is 16.8. The van der Waals surface area contributed by atoms with Crippen molar-refractivity contribution < 1.29 is 14.3 Å². The Hall–Kier alpha value is -0.970. The maximum absolute atomic E-state index is 12.5. The van der Waals surface area contributed by atoms with Crippen LogP contribution >= 0.6 is 34.8 Å². The molecular formula is C16H16Cl3NO3. The molecule has 2 heterocycles. The van der Waals surface area contributed by atoms with Crippen molar-refractivity contribution in [2.24, 2.45) is 0 Å². The number of fused-ring (bicyclic) bond motifs is 1. The number of benzene rings is 1. The molecule has 1 aromatic carbocycles. The summed E-state index contributed by atoms with van der Waals surface area (Å²) in [5.41, 5.74) is -0.172. The molecule has 3 rings (SSSR count). The standard InChI is InChI=1S/C16H16Cl3NO3/c1-9(17)15(22)20-4-2-16(3-5-20)8-13(21)11-6-10(18)7-12(19)14(11)23-16/h6-7,9H,2-5,8H2,1H3. The largest absolute Gasteiger partial charge is 0.484 e. The molecule has 0 bridgehead atoms. The number of ketones is 1. The van der Waals surface area contributed by atoms with E-state index < -0.39 is 11.0 Å². The van der Waals surface area contributed by atoms with Crippen molar-refractivity contribution >= 4 is 46.5 Å². The summed E-state index contributed by atoms with van der Waals surface area (Å²) in [7, 11) is 0. The van der Waals surface area contributed by atoms with E-state index in [-0.39, 0.29) is 18.1 Å². The van der Waals surface area contributed by atoms with Gasteiger partial charge < -0.3 is 9.64 Å². The van der Waals surface area contributed by atoms with Crippen LogP contribution in [0.2, 0.25) is 10.0 Å². The molecule has 4 nitrogen and oxygen atoms in total. The first-order chi connectivity index (χ1) is 10.8. The normalized spacial score (nSPS) is 20.9. The van der Waals surface area contributed by atoms with Crippen molar-refractivity contribution in [1.82, 2.24) is 4.90 Å². The summed E-state index contributed by atoms with van der Waals surface area (Å²) in [4.78, 5) is 26.2. The van der Waals surface area contributed by atoms with E-state index in [4.69, 9.17) is 39.5 Å². The van der Waals surface area contributed by atoms with Crippen LogP contribution in [0, 0.1) is 0 Å². The molecule has 1 saturated heterocycles. The van der Waals surface area contributed by atoms with Crippen molar-refractivity contribution in [2.75, 3.05) is 13.1 Å². The molecule has 0 radical (unpaired) electrons. The van der Waals surface area contributed by atoms with E-state index >= 15 is 0 Å². The molecular weight excluding hydrogens is 361 g/mol. The maximum atomic E-state index is 12.5. The smallest absolute Gasteiger partial charge is 0.240 e. The Morgan fingerprint density at radius 2 is 1.96 bits per heavy atom. The van der Waals surface area contributed by atoms with Crippen LogP contribution in [0.4, 0.5) is 0 Å². The van der Waals surface area contributed by atoms with Crippen molar-refractivity contribution in [1.29, 1.82) is 0 Å². The molecule has 0 aromatic heterocycles. The van der Waals surface area contributed by atoms with Gasteiger partial charge in [0.05, 0.1) is 17.0 Å². The molecule has 2 aliphatic heterocycles. The van der Waals surface area contributed by atoms with Crippen LogP contribution in [0.3, 0.4) is 0 Å². The van der Waals surface area contributed by atoms with Crippen molar-refractivity contribution in [3.63, 3.8) is 0 Å². The van der Waals surface area contributed by atoms with E-state index in [2.05, 4.69) is 0 Å². The highest BCUT2D eigenvalue weighted by atomic mass is 35.5. The molecule has 2 aliphatic rings. The van der Waals surface area contributed by atoms with Crippen molar-refractivity contribution in [3.05, 3.63) is 27.7 Å². The molecule has 124 valence electrons. The number of likely N-dealkylation sites (tertiary alicyclic amines) is 1. The number of hydrogen-bond acceptors (Lipinski definition) is 3. The highest BCUT2D eigenvalue weighted by Crippen LogP contribution is 2.44. The van der Waals surface area contributed by atoms with E-state index in [1.807, 2.05) is 0 Å². The van der Waals surface area contributed by atoms with Gasteiger partial charge in [-0.05, 0) is 19.1 Å². The van der Waals surface area contributed by atoms with Crippen molar-refractivity contribution in [3.8, 4) is 5.75 Å². The fraction of sp³-hybridized carbons (Fsp3) is 0.500. The second kappa shape index (κ2) is 6.15. The topological polar surface area (TPSA) is 46.6 Å². The minimum absolute atomic E-state index is 0.0267. The van der Waals surface area contributed by atoms with Gasteiger partial charge in [0.2, 0.25) is 5.91 Å². The number of carbonyl (C=O) groups excluding carboxylic acids is 2. The second-order valence-electron chi connectivity index (χ2n) is 6.09. The Morgan fingerprint density at radius 1 is 1.30 bits per heavy atom. The fourth-order valence-electron chi connectivity index (χ4n) is 3.18. The Labute approximate surface area is 149 Å². The third-order valence-corrected chi connectivity index (χ3v) is 5.12. The van der Waals surface area contributed by atoms with Crippen LogP contribution in [0.1, 0.15) is 36.5 Å². The molecule has 1 amide bonds. The van der Waals surface area contributed by atoms with Gasteiger partial charge in [-0.3, -0.25) is 9.59 Å². The van der Waals surface area contributed by atoms with Crippen LogP contribution in [0.25, 0.3) is 0 Å². The molecule has 7 heteroatoms. The van der Waals surface area contributed by atoms with Crippen molar-refractivity contribution in [2.45, 2.75) is 37.2 Å². The Kier molecular flexibility index (Phi) is 4.51. The molecule has 23 heavy (non-hydrogen) atoms. The van der Waals surface area contributed by atoms with Gasteiger partial charge in [-0.2, -0.15) is 0 Å². The molecule has 0 N–H and O–H groups in total. The lowest BCUT2D eigenvalue weighted by Crippen LogP contribution is -2.53. The number of halogens is 3. The quantitative estimate of drug-likeness (QED) is 0.697. The fourth-order valence-corrected chi connectivity index (χ4v) is 3.85. The van der Waals surface area contributed by atoms with Crippen LogP contribution < -0.4 is 4.74 Å². The van der Waals surface area contributed by atoms with Crippen LogP contribution in [0.15, 0.2) is 12.1 Å². The summed E-state index contributed by atoms with van der Waals surface area (Å²) in [6.45, 7) is 2.70. The number of Topliss-reactive ketones (excluding diaryl/α,β-unsaturated/α-hetero) is 1. The number of carbonyl (C=O) groups is 2. The molecule has 1 aromatic rings. The molecule has 1 unspecified atom stereocenters. The van der Waals surface area contributed by atoms with Gasteiger partial charge in [0.25, 0.3) is 0 Å². The average Bonchev–Trinajstić information content (AvgIpc) is 2.49. The summed E-state index contributed by atoms with van der Waals surface area (Å²) in [6, 6.07) is 3.16. The number of amides is 1. The maximum Gasteiger partial charge on any atom is 0.240 e. The highest BCUT2D eigenvalue weighted by molar-refractivity contribution is 6.36. The third kappa shape index (κ3) is 3.17. The molecule has 0 aliphatic carbocycles. The SMILES string of the molecule is CC(Cl)C(=O)N1CCC2(CC1)CC(=O)c1cc(Cl)cc(Cl)c1O2. The first kappa shape index (κ1) is 16.9. The number of nitrogens with zero attached hydrogens (tertiary/aromatic N) is 1. The second-order valence-corrected chi connectivity index (χ2v) is 7.59. The summed E-state index contributed by atoms with van der Waals surface area (Å²) in [6.07, 6.45) is 1.42. The van der Waals surface area contributed by atoms with E-state index in [0.29, 0.717) is 47.3 Å². The zero-order valence-corrected chi connectivity index (χ0v) is 14.8. The Bertz CT molecular complexity index is 667. The minimum atomic E-state index is -0.603. The number of piperidine rings is 1. The Balaban J connectivity index is 1.81. The number of rotatable bonds is 1. The van der Waals surface area contributed by atoms with Gasteiger partial charge in [-0.25, -0.2) is 0 Å². The summed E-state index contributed by atoms with van der Waals surface area (Å²) >= 11 is 18.0. The zero-order valence-electron chi connectivity index (χ0n) is 12.6. The number of hydrogen-bond donors (Lipinski definition) is 0. The lowest BCUT2D eigenvalue weighted by atomic mass is 9.82. The van der Waals surface area contributed by atoms with Gasteiger partial charge in [0, 0.05) is 31.0 Å². The number of alkyl halides is 1. The van der Waals surface area contributed by atoms with E-state index in [1.54, 1.807) is 24.0 Å². The summed E-state index contributed by atoms with van der Waals surface area (Å²) in [5, 5.41) is 0.209. The lowest BCUT2D eigenvalue weighted by Gasteiger charge is -2.44. The highest BCUT2D eigenvalue weighted by Gasteiger charge is 2.44. The predicted molar refractivity (Wildman–Crippen MR) is 89.9 cm³/mol. The first-order valence-electron chi connectivity index (χ1n) is 7.45. The molecule has 1 spiro atoms. The van der Waals surface area contributed by atoms with Crippen LogP contribution in [-0.4, -0.2) is 40.7 Å².